The molecular weight excluding hydrogens is 318 g/mol. The van der Waals surface area contributed by atoms with E-state index < -0.39 is 0 Å². The molecule has 2 aromatic rings. The number of rotatable bonds is 3. The highest BCUT2D eigenvalue weighted by molar-refractivity contribution is 5.99. The van der Waals surface area contributed by atoms with Crippen LogP contribution in [0, 0.1) is 0 Å². The van der Waals surface area contributed by atoms with Crippen molar-refractivity contribution < 1.29 is 14.3 Å². The maximum atomic E-state index is 12.9. The molecule has 0 bridgehead atoms. The van der Waals surface area contributed by atoms with Crippen molar-refractivity contribution in [2.75, 3.05) is 37.8 Å². The Morgan fingerprint density at radius 2 is 1.96 bits per heavy atom. The van der Waals surface area contributed by atoms with E-state index in [4.69, 9.17) is 9.47 Å². The first-order valence-electron chi connectivity index (χ1n) is 8.63. The molecule has 0 radical (unpaired) electrons. The van der Waals surface area contributed by atoms with Crippen LogP contribution >= 0.6 is 0 Å². The van der Waals surface area contributed by atoms with Crippen LogP contribution in [0.1, 0.15) is 28.4 Å². The lowest BCUT2D eigenvalue weighted by atomic mass is 10.00. The molecule has 2 aliphatic heterocycles. The Kier molecular flexibility index (Phi) is 4.52. The summed E-state index contributed by atoms with van der Waals surface area (Å²) in [5, 5.41) is 3.15. The Balaban J connectivity index is 1.56. The summed E-state index contributed by atoms with van der Waals surface area (Å²) in [4.78, 5) is 19.5. The number of para-hydroxylation sites is 1. The molecule has 4 rings (SSSR count). The first kappa shape index (κ1) is 15.9. The van der Waals surface area contributed by atoms with Gasteiger partial charge in [0.05, 0.1) is 31.4 Å². The molecule has 1 aromatic heterocycles. The van der Waals surface area contributed by atoms with Gasteiger partial charge in [0.1, 0.15) is 11.6 Å². The van der Waals surface area contributed by atoms with Crippen molar-refractivity contribution >= 4 is 11.7 Å². The van der Waals surface area contributed by atoms with Crippen molar-refractivity contribution in [3.63, 3.8) is 0 Å². The number of nitrogens with zero attached hydrogens (tertiary/aromatic N) is 2. The number of pyridine rings is 1. The van der Waals surface area contributed by atoms with E-state index in [1.54, 1.807) is 12.3 Å². The number of anilines is 1. The van der Waals surface area contributed by atoms with Gasteiger partial charge >= 0.3 is 0 Å². The van der Waals surface area contributed by atoms with Crippen molar-refractivity contribution in [1.82, 2.24) is 10.3 Å². The van der Waals surface area contributed by atoms with Gasteiger partial charge in [0, 0.05) is 31.3 Å². The number of hydrogen-bond acceptors (Lipinski definition) is 5. The van der Waals surface area contributed by atoms with E-state index in [-0.39, 0.29) is 11.9 Å². The minimum absolute atomic E-state index is 0.0461. The molecule has 1 N–H and O–H groups in total. The second kappa shape index (κ2) is 7.11. The predicted molar refractivity (Wildman–Crippen MR) is 94.0 cm³/mol. The van der Waals surface area contributed by atoms with Gasteiger partial charge in [-0.25, -0.2) is 4.98 Å². The van der Waals surface area contributed by atoms with Gasteiger partial charge in [0.15, 0.2) is 0 Å². The Morgan fingerprint density at radius 1 is 1.12 bits per heavy atom. The van der Waals surface area contributed by atoms with Gasteiger partial charge in [0.25, 0.3) is 5.91 Å². The molecule has 130 valence electrons. The van der Waals surface area contributed by atoms with Crippen LogP contribution in [-0.4, -0.2) is 43.8 Å². The summed E-state index contributed by atoms with van der Waals surface area (Å²) in [5.74, 6) is 1.47. The lowest BCUT2D eigenvalue weighted by Gasteiger charge is -2.30. The van der Waals surface area contributed by atoms with E-state index in [0.29, 0.717) is 25.4 Å². The fraction of sp³-hybridized carbons (Fsp3) is 0.368. The van der Waals surface area contributed by atoms with Crippen LogP contribution in [-0.2, 0) is 4.74 Å². The standard InChI is InChI=1S/C19H21N3O3/c23-19(21-16-7-11-25-17-6-2-1-4-14(16)17)15-5-3-8-20-18(15)22-9-12-24-13-10-22/h1-6,8,16H,7,9-13H2,(H,21,23). The highest BCUT2D eigenvalue weighted by atomic mass is 16.5. The van der Waals surface area contributed by atoms with Crippen molar-refractivity contribution in [2.24, 2.45) is 0 Å². The second-order valence-electron chi connectivity index (χ2n) is 6.18. The molecule has 25 heavy (non-hydrogen) atoms. The van der Waals surface area contributed by atoms with Gasteiger partial charge in [0.2, 0.25) is 0 Å². The minimum atomic E-state index is -0.101. The summed E-state index contributed by atoms with van der Waals surface area (Å²) in [6.07, 6.45) is 2.49. The Hall–Kier alpha value is -2.60. The van der Waals surface area contributed by atoms with E-state index in [2.05, 4.69) is 15.2 Å². The first-order valence-corrected chi connectivity index (χ1v) is 8.63. The summed E-state index contributed by atoms with van der Waals surface area (Å²) in [6, 6.07) is 11.4. The molecule has 0 aliphatic carbocycles. The van der Waals surface area contributed by atoms with Crippen molar-refractivity contribution in [3.8, 4) is 5.75 Å². The molecular formula is C19H21N3O3. The number of amides is 1. The van der Waals surface area contributed by atoms with Gasteiger partial charge in [-0.1, -0.05) is 18.2 Å². The Labute approximate surface area is 146 Å². The highest BCUT2D eigenvalue weighted by Crippen LogP contribution is 2.32. The van der Waals surface area contributed by atoms with Gasteiger partial charge in [-0.05, 0) is 18.2 Å². The third-order valence-corrected chi connectivity index (χ3v) is 4.61. The van der Waals surface area contributed by atoms with Crippen LogP contribution in [0.15, 0.2) is 42.6 Å². The Bertz CT molecular complexity index is 759. The smallest absolute Gasteiger partial charge is 0.255 e. The number of fused-ring (bicyclic) bond motifs is 1. The lowest BCUT2D eigenvalue weighted by molar-refractivity contribution is 0.0923. The maximum Gasteiger partial charge on any atom is 0.255 e. The largest absolute Gasteiger partial charge is 0.493 e. The van der Waals surface area contributed by atoms with Crippen molar-refractivity contribution in [2.45, 2.75) is 12.5 Å². The van der Waals surface area contributed by atoms with Crippen LogP contribution in [0.25, 0.3) is 0 Å². The average molecular weight is 339 g/mol. The molecule has 3 heterocycles. The van der Waals surface area contributed by atoms with E-state index in [0.717, 1.165) is 36.6 Å². The van der Waals surface area contributed by atoms with E-state index in [9.17, 15) is 4.79 Å². The summed E-state index contributed by atoms with van der Waals surface area (Å²) in [7, 11) is 0. The summed E-state index contributed by atoms with van der Waals surface area (Å²) >= 11 is 0. The van der Waals surface area contributed by atoms with Gasteiger partial charge < -0.3 is 19.7 Å². The van der Waals surface area contributed by atoms with Crippen molar-refractivity contribution in [3.05, 3.63) is 53.7 Å². The molecule has 0 spiro atoms. The molecule has 6 nitrogen and oxygen atoms in total. The number of hydrogen-bond donors (Lipinski definition) is 1. The zero-order valence-corrected chi connectivity index (χ0v) is 14.0. The summed E-state index contributed by atoms with van der Waals surface area (Å²) in [5.41, 5.74) is 1.63. The topological polar surface area (TPSA) is 63.7 Å². The zero-order valence-electron chi connectivity index (χ0n) is 14.0. The molecule has 0 saturated carbocycles. The van der Waals surface area contributed by atoms with Crippen LogP contribution in [0.4, 0.5) is 5.82 Å². The maximum absolute atomic E-state index is 12.9. The number of aromatic nitrogens is 1. The molecule has 1 aromatic carbocycles. The quantitative estimate of drug-likeness (QED) is 0.928. The number of morpholine rings is 1. The van der Waals surface area contributed by atoms with Gasteiger partial charge in [-0.15, -0.1) is 0 Å². The molecule has 1 fully saturated rings. The van der Waals surface area contributed by atoms with E-state index >= 15 is 0 Å². The van der Waals surface area contributed by atoms with Gasteiger partial charge in [-0.3, -0.25) is 4.79 Å². The summed E-state index contributed by atoms with van der Waals surface area (Å²) < 4.78 is 11.1. The summed E-state index contributed by atoms with van der Waals surface area (Å²) in [6.45, 7) is 3.41. The van der Waals surface area contributed by atoms with Crippen LogP contribution in [0.3, 0.4) is 0 Å². The molecule has 1 amide bonds. The number of benzene rings is 1. The zero-order chi connectivity index (χ0) is 17.1. The molecule has 1 atom stereocenters. The number of nitrogens with one attached hydrogen (secondary N) is 1. The average Bonchev–Trinajstić information content (AvgIpc) is 2.69. The molecule has 1 unspecified atom stereocenters. The first-order chi connectivity index (χ1) is 12.3. The van der Waals surface area contributed by atoms with Crippen LogP contribution < -0.4 is 15.0 Å². The van der Waals surface area contributed by atoms with E-state index in [1.165, 1.54) is 0 Å². The second-order valence-corrected chi connectivity index (χ2v) is 6.18. The highest BCUT2D eigenvalue weighted by Gasteiger charge is 2.25. The lowest BCUT2D eigenvalue weighted by Crippen LogP contribution is -2.39. The fourth-order valence-electron chi connectivity index (χ4n) is 3.33. The number of ether oxygens (including phenoxy) is 2. The van der Waals surface area contributed by atoms with Crippen molar-refractivity contribution in [1.29, 1.82) is 0 Å². The Morgan fingerprint density at radius 3 is 2.84 bits per heavy atom. The third kappa shape index (κ3) is 3.30. The number of carbonyl (C=O) groups excluding carboxylic acids is 1. The van der Waals surface area contributed by atoms with Crippen LogP contribution in [0.5, 0.6) is 5.75 Å². The molecule has 2 aliphatic rings. The SMILES string of the molecule is O=C(NC1CCOc2ccccc21)c1cccnc1N1CCOCC1. The monoisotopic (exact) mass is 339 g/mol. The van der Waals surface area contributed by atoms with E-state index in [1.807, 2.05) is 30.3 Å². The van der Waals surface area contributed by atoms with Gasteiger partial charge in [-0.2, -0.15) is 0 Å². The molecule has 6 heteroatoms. The minimum Gasteiger partial charge on any atom is -0.493 e. The third-order valence-electron chi connectivity index (χ3n) is 4.61. The number of carbonyl (C=O) groups is 1. The fourth-order valence-corrected chi connectivity index (χ4v) is 3.33. The normalized spacial score (nSPS) is 19.7. The van der Waals surface area contributed by atoms with Crippen LogP contribution in [0.2, 0.25) is 0 Å². The molecule has 1 saturated heterocycles. The predicted octanol–water partition coefficient (Wildman–Crippen LogP) is 2.17.